The fourth-order valence-corrected chi connectivity index (χ4v) is 3.19. The molecule has 0 atom stereocenters. The molecule has 0 spiro atoms. The van der Waals surface area contributed by atoms with Crippen LogP contribution in [-0.4, -0.2) is 25.0 Å². The van der Waals surface area contributed by atoms with Crippen LogP contribution in [0.25, 0.3) is 0 Å². The van der Waals surface area contributed by atoms with Crippen LogP contribution in [0.2, 0.25) is 0 Å². The number of benzene rings is 2. The number of nitrogens with one attached hydrogen (secondary N) is 2. The lowest BCUT2D eigenvalue weighted by molar-refractivity contribution is 0.102. The Labute approximate surface area is 159 Å². The lowest BCUT2D eigenvalue weighted by Crippen LogP contribution is -2.32. The highest BCUT2D eigenvalue weighted by molar-refractivity contribution is 6.04. The standard InChI is InChI=1S/C21H26N4O2/c1-15-10-12-25(13-11-15)19-8-6-18(7-9-19)24-20(26)17-4-2-16(3-5-17)14-23-21(22)27/h2-9,15H,10-14H2,1H3,(H,24,26)(H3,22,23,27). The Kier molecular flexibility index (Phi) is 5.96. The van der Waals surface area contributed by atoms with E-state index >= 15 is 0 Å². The molecule has 6 nitrogen and oxygen atoms in total. The molecule has 0 unspecified atom stereocenters. The third kappa shape index (κ3) is 5.23. The van der Waals surface area contributed by atoms with Crippen molar-refractivity contribution in [2.24, 2.45) is 11.7 Å². The Morgan fingerprint density at radius 2 is 1.67 bits per heavy atom. The molecule has 4 N–H and O–H groups in total. The number of nitrogens with two attached hydrogens (primary N) is 1. The third-order valence-electron chi connectivity index (χ3n) is 4.96. The van der Waals surface area contributed by atoms with Crippen LogP contribution in [-0.2, 0) is 6.54 Å². The number of anilines is 2. The van der Waals surface area contributed by atoms with Crippen LogP contribution in [0, 0.1) is 5.92 Å². The molecule has 2 aromatic carbocycles. The van der Waals surface area contributed by atoms with Gasteiger partial charge in [-0.15, -0.1) is 0 Å². The van der Waals surface area contributed by atoms with Crippen molar-refractivity contribution >= 4 is 23.3 Å². The van der Waals surface area contributed by atoms with E-state index in [9.17, 15) is 9.59 Å². The van der Waals surface area contributed by atoms with E-state index in [4.69, 9.17) is 5.73 Å². The summed E-state index contributed by atoms with van der Waals surface area (Å²) in [7, 11) is 0. The van der Waals surface area contributed by atoms with E-state index in [1.54, 1.807) is 24.3 Å². The number of hydrogen-bond acceptors (Lipinski definition) is 3. The van der Waals surface area contributed by atoms with Gasteiger partial charge in [-0.3, -0.25) is 4.79 Å². The Morgan fingerprint density at radius 1 is 1.04 bits per heavy atom. The van der Waals surface area contributed by atoms with Crippen molar-refractivity contribution in [2.45, 2.75) is 26.3 Å². The van der Waals surface area contributed by atoms with Crippen molar-refractivity contribution in [3.63, 3.8) is 0 Å². The molecule has 3 amide bonds. The SMILES string of the molecule is CC1CCN(c2ccc(NC(=O)c3ccc(CNC(N)=O)cc3)cc2)CC1. The maximum absolute atomic E-state index is 12.4. The van der Waals surface area contributed by atoms with Crippen molar-refractivity contribution in [1.29, 1.82) is 0 Å². The second-order valence-corrected chi connectivity index (χ2v) is 7.09. The number of carbonyl (C=O) groups excluding carboxylic acids is 2. The molecular weight excluding hydrogens is 340 g/mol. The molecule has 0 saturated carbocycles. The number of carbonyl (C=O) groups is 2. The highest BCUT2D eigenvalue weighted by Gasteiger charge is 2.16. The zero-order valence-electron chi connectivity index (χ0n) is 15.6. The summed E-state index contributed by atoms with van der Waals surface area (Å²) in [5.41, 5.74) is 8.47. The summed E-state index contributed by atoms with van der Waals surface area (Å²) in [6.45, 7) is 4.82. The molecule has 1 aliphatic rings. The first-order valence-corrected chi connectivity index (χ1v) is 9.30. The van der Waals surface area contributed by atoms with Gasteiger partial charge in [0, 0.05) is 36.6 Å². The second kappa shape index (κ2) is 8.58. The normalized spacial score (nSPS) is 14.6. The Morgan fingerprint density at radius 3 is 2.26 bits per heavy atom. The number of urea groups is 1. The quantitative estimate of drug-likeness (QED) is 0.758. The number of hydrogen-bond donors (Lipinski definition) is 3. The van der Waals surface area contributed by atoms with Crippen LogP contribution in [0.5, 0.6) is 0 Å². The van der Waals surface area contributed by atoms with E-state index in [2.05, 4.69) is 34.6 Å². The Hall–Kier alpha value is -3.02. The fourth-order valence-electron chi connectivity index (χ4n) is 3.19. The summed E-state index contributed by atoms with van der Waals surface area (Å²) in [4.78, 5) is 25.5. The van der Waals surface area contributed by atoms with Gasteiger partial charge in [0.25, 0.3) is 5.91 Å². The summed E-state index contributed by atoms with van der Waals surface area (Å²) in [6, 6.07) is 14.5. The highest BCUT2D eigenvalue weighted by atomic mass is 16.2. The van der Waals surface area contributed by atoms with Crippen LogP contribution < -0.4 is 21.3 Å². The van der Waals surface area contributed by atoms with Gasteiger partial charge in [-0.25, -0.2) is 4.79 Å². The minimum Gasteiger partial charge on any atom is -0.372 e. The van der Waals surface area contributed by atoms with Gasteiger partial charge >= 0.3 is 6.03 Å². The van der Waals surface area contributed by atoms with Crippen LogP contribution in [0.3, 0.4) is 0 Å². The predicted molar refractivity (Wildman–Crippen MR) is 108 cm³/mol. The minimum absolute atomic E-state index is 0.163. The van der Waals surface area contributed by atoms with Crippen LogP contribution in [0.4, 0.5) is 16.2 Å². The molecule has 0 radical (unpaired) electrons. The number of amides is 3. The smallest absolute Gasteiger partial charge is 0.312 e. The van der Waals surface area contributed by atoms with Crippen molar-refractivity contribution < 1.29 is 9.59 Å². The van der Waals surface area contributed by atoms with Gasteiger partial charge in [0.05, 0.1) is 0 Å². The zero-order chi connectivity index (χ0) is 19.2. The van der Waals surface area contributed by atoms with Gasteiger partial charge in [0.15, 0.2) is 0 Å². The molecule has 27 heavy (non-hydrogen) atoms. The fraction of sp³-hybridized carbons (Fsp3) is 0.333. The maximum atomic E-state index is 12.4. The molecule has 1 fully saturated rings. The van der Waals surface area contributed by atoms with Crippen molar-refractivity contribution in [1.82, 2.24) is 5.32 Å². The third-order valence-corrected chi connectivity index (χ3v) is 4.96. The van der Waals surface area contributed by atoms with Crippen molar-refractivity contribution in [3.05, 3.63) is 59.7 Å². The van der Waals surface area contributed by atoms with Gasteiger partial charge in [0.1, 0.15) is 0 Å². The van der Waals surface area contributed by atoms with Crippen LogP contribution in [0.15, 0.2) is 48.5 Å². The molecule has 0 bridgehead atoms. The van der Waals surface area contributed by atoms with E-state index < -0.39 is 6.03 Å². The summed E-state index contributed by atoms with van der Waals surface area (Å²) in [6.07, 6.45) is 2.45. The molecule has 6 heteroatoms. The predicted octanol–water partition coefficient (Wildman–Crippen LogP) is 3.34. The first kappa shape index (κ1) is 18.8. The molecule has 1 saturated heterocycles. The van der Waals surface area contributed by atoms with Crippen LogP contribution in [0.1, 0.15) is 35.7 Å². The van der Waals surface area contributed by atoms with Crippen molar-refractivity contribution in [2.75, 3.05) is 23.3 Å². The minimum atomic E-state index is -0.570. The monoisotopic (exact) mass is 366 g/mol. The highest BCUT2D eigenvalue weighted by Crippen LogP contribution is 2.24. The van der Waals surface area contributed by atoms with Crippen molar-refractivity contribution in [3.8, 4) is 0 Å². The first-order valence-electron chi connectivity index (χ1n) is 9.30. The molecule has 0 aliphatic carbocycles. The number of nitrogens with zero attached hydrogens (tertiary/aromatic N) is 1. The second-order valence-electron chi connectivity index (χ2n) is 7.09. The van der Waals surface area contributed by atoms with E-state index in [1.807, 2.05) is 12.1 Å². The average Bonchev–Trinajstić information content (AvgIpc) is 2.68. The Bertz CT molecular complexity index is 779. The first-order chi connectivity index (χ1) is 13.0. The molecular formula is C21H26N4O2. The molecule has 1 heterocycles. The van der Waals surface area contributed by atoms with E-state index in [1.165, 1.54) is 18.5 Å². The van der Waals surface area contributed by atoms with Gasteiger partial charge in [-0.2, -0.15) is 0 Å². The summed E-state index contributed by atoms with van der Waals surface area (Å²) < 4.78 is 0. The van der Waals surface area contributed by atoms with Crippen LogP contribution >= 0.6 is 0 Å². The maximum Gasteiger partial charge on any atom is 0.312 e. The van der Waals surface area contributed by atoms with Gasteiger partial charge < -0.3 is 21.3 Å². The average molecular weight is 366 g/mol. The molecule has 0 aromatic heterocycles. The Balaban J connectivity index is 1.56. The lowest BCUT2D eigenvalue weighted by atomic mass is 9.99. The summed E-state index contributed by atoms with van der Waals surface area (Å²) in [5.74, 6) is 0.640. The van der Waals surface area contributed by atoms with E-state index in [0.29, 0.717) is 12.1 Å². The van der Waals surface area contributed by atoms with E-state index in [-0.39, 0.29) is 5.91 Å². The number of primary amides is 1. The van der Waals surface area contributed by atoms with Gasteiger partial charge in [0.2, 0.25) is 0 Å². The molecule has 3 rings (SSSR count). The summed E-state index contributed by atoms with van der Waals surface area (Å²) >= 11 is 0. The summed E-state index contributed by atoms with van der Waals surface area (Å²) in [5, 5.41) is 5.44. The molecule has 2 aromatic rings. The molecule has 142 valence electrons. The van der Waals surface area contributed by atoms with E-state index in [0.717, 1.165) is 30.3 Å². The largest absolute Gasteiger partial charge is 0.372 e. The molecule has 1 aliphatic heterocycles. The lowest BCUT2D eigenvalue weighted by Gasteiger charge is -2.32. The van der Waals surface area contributed by atoms with Gasteiger partial charge in [-0.1, -0.05) is 19.1 Å². The topological polar surface area (TPSA) is 87.5 Å². The number of rotatable bonds is 5. The zero-order valence-corrected chi connectivity index (χ0v) is 15.6. The van der Waals surface area contributed by atoms with Gasteiger partial charge in [-0.05, 0) is 60.7 Å². The number of piperidine rings is 1.